The van der Waals surface area contributed by atoms with Crippen LogP contribution in [0.25, 0.3) is 0 Å². The van der Waals surface area contributed by atoms with E-state index in [1.54, 1.807) is 0 Å². The molecule has 1 aliphatic carbocycles. The molecule has 0 aliphatic heterocycles. The van der Waals surface area contributed by atoms with Crippen LogP contribution in [-0.4, -0.2) is 11.2 Å². The second kappa shape index (κ2) is 5.63. The van der Waals surface area contributed by atoms with Gasteiger partial charge in [-0.2, -0.15) is 0 Å². The molecule has 0 bridgehead atoms. The lowest BCUT2D eigenvalue weighted by Gasteiger charge is -2.20. The van der Waals surface area contributed by atoms with Crippen molar-refractivity contribution < 1.29 is 5.11 Å². The van der Waals surface area contributed by atoms with Gasteiger partial charge in [-0.05, 0) is 48.6 Å². The van der Waals surface area contributed by atoms with Crippen molar-refractivity contribution in [2.45, 2.75) is 45.9 Å². The normalized spacial score (nSPS) is 20.6. The molecular formula is C19H23NO. The van der Waals surface area contributed by atoms with Crippen LogP contribution in [0.2, 0.25) is 0 Å². The Kier molecular flexibility index (Phi) is 3.83. The van der Waals surface area contributed by atoms with Gasteiger partial charge in [-0.3, -0.25) is 0 Å². The molecule has 0 aromatic heterocycles. The molecule has 0 saturated heterocycles. The number of aryl methyl sites for hydroxylation is 3. The summed E-state index contributed by atoms with van der Waals surface area (Å²) in [4.78, 5) is 0. The lowest BCUT2D eigenvalue weighted by atomic mass is 9.99. The Morgan fingerprint density at radius 1 is 1.10 bits per heavy atom. The molecule has 0 saturated carbocycles. The minimum Gasteiger partial charge on any atom is -0.391 e. The Labute approximate surface area is 126 Å². The zero-order chi connectivity index (χ0) is 15.0. The molecule has 0 heterocycles. The van der Waals surface area contributed by atoms with Crippen molar-refractivity contribution in [1.82, 2.24) is 5.32 Å². The number of fused-ring (bicyclic) bond motifs is 1. The van der Waals surface area contributed by atoms with Crippen LogP contribution < -0.4 is 5.32 Å². The van der Waals surface area contributed by atoms with Gasteiger partial charge in [-0.15, -0.1) is 0 Å². The number of rotatable bonds is 3. The van der Waals surface area contributed by atoms with Crippen molar-refractivity contribution in [2.75, 3.05) is 0 Å². The predicted octanol–water partition coefficient (Wildman–Crippen LogP) is 3.36. The number of aliphatic hydroxyl groups is 1. The largest absolute Gasteiger partial charge is 0.391 e. The average molecular weight is 281 g/mol. The van der Waals surface area contributed by atoms with Crippen molar-refractivity contribution >= 4 is 0 Å². The average Bonchev–Trinajstić information content (AvgIpc) is 2.73. The summed E-state index contributed by atoms with van der Waals surface area (Å²) in [6.45, 7) is 7.26. The molecule has 0 fully saturated rings. The van der Waals surface area contributed by atoms with Gasteiger partial charge >= 0.3 is 0 Å². The van der Waals surface area contributed by atoms with E-state index >= 15 is 0 Å². The zero-order valence-corrected chi connectivity index (χ0v) is 13.0. The topological polar surface area (TPSA) is 32.3 Å². The van der Waals surface area contributed by atoms with Gasteiger partial charge in [0.1, 0.15) is 0 Å². The van der Waals surface area contributed by atoms with Crippen LogP contribution in [-0.2, 0) is 13.0 Å². The number of hydrogen-bond acceptors (Lipinski definition) is 2. The highest BCUT2D eigenvalue weighted by Gasteiger charge is 2.30. The molecule has 2 aromatic rings. The molecular weight excluding hydrogens is 258 g/mol. The molecule has 2 atom stereocenters. The summed E-state index contributed by atoms with van der Waals surface area (Å²) >= 11 is 0. The van der Waals surface area contributed by atoms with E-state index in [0.717, 1.165) is 13.0 Å². The first-order valence-electron chi connectivity index (χ1n) is 7.62. The quantitative estimate of drug-likeness (QED) is 0.904. The second-order valence-electron chi connectivity index (χ2n) is 6.21. The maximum atomic E-state index is 10.3. The highest BCUT2D eigenvalue weighted by atomic mass is 16.3. The third-order valence-corrected chi connectivity index (χ3v) is 4.54. The molecule has 110 valence electrons. The Morgan fingerprint density at radius 3 is 2.48 bits per heavy atom. The summed E-state index contributed by atoms with van der Waals surface area (Å²) in [5.74, 6) is 0. The van der Waals surface area contributed by atoms with Crippen molar-refractivity contribution in [1.29, 1.82) is 0 Å². The van der Waals surface area contributed by atoms with Gasteiger partial charge in [0.15, 0.2) is 0 Å². The minimum atomic E-state index is -0.325. The van der Waals surface area contributed by atoms with E-state index in [1.807, 2.05) is 12.1 Å². The highest BCUT2D eigenvalue weighted by Crippen LogP contribution is 2.31. The predicted molar refractivity (Wildman–Crippen MR) is 86.4 cm³/mol. The van der Waals surface area contributed by atoms with Crippen LogP contribution >= 0.6 is 0 Å². The van der Waals surface area contributed by atoms with Crippen LogP contribution in [0.5, 0.6) is 0 Å². The smallest absolute Gasteiger partial charge is 0.0775 e. The van der Waals surface area contributed by atoms with Crippen molar-refractivity contribution in [3.05, 3.63) is 69.8 Å². The number of aliphatic hydroxyl groups excluding tert-OH is 1. The van der Waals surface area contributed by atoms with Gasteiger partial charge in [0, 0.05) is 13.0 Å². The van der Waals surface area contributed by atoms with Crippen LogP contribution in [0.15, 0.2) is 36.4 Å². The summed E-state index contributed by atoms with van der Waals surface area (Å²) < 4.78 is 0. The van der Waals surface area contributed by atoms with Crippen molar-refractivity contribution in [3.8, 4) is 0 Å². The molecule has 2 nitrogen and oxygen atoms in total. The Morgan fingerprint density at radius 2 is 1.76 bits per heavy atom. The highest BCUT2D eigenvalue weighted by molar-refractivity contribution is 5.39. The summed E-state index contributed by atoms with van der Waals surface area (Å²) in [5.41, 5.74) is 7.80. The lowest BCUT2D eigenvalue weighted by Crippen LogP contribution is -2.28. The fraction of sp³-hybridized carbons (Fsp3) is 0.368. The first-order chi connectivity index (χ1) is 10.1. The van der Waals surface area contributed by atoms with E-state index in [2.05, 4.69) is 50.4 Å². The van der Waals surface area contributed by atoms with Gasteiger partial charge in [0.2, 0.25) is 0 Å². The number of nitrogens with one attached hydrogen (secondary N) is 1. The standard InChI is InChI=1S/C19H23NO/c1-12-8-13(2)17(14(3)9-12)11-20-19-16-7-5-4-6-15(16)10-18(19)21/h4-9,18-21H,10-11H2,1-3H3/t18-,19+/m0/s1. The first-order valence-corrected chi connectivity index (χ1v) is 7.62. The SMILES string of the molecule is Cc1cc(C)c(CN[C@@H]2c3ccccc3C[C@@H]2O)c(C)c1. The molecule has 0 spiro atoms. The molecule has 2 aromatic carbocycles. The minimum absolute atomic E-state index is 0.0429. The van der Waals surface area contributed by atoms with Gasteiger partial charge < -0.3 is 10.4 Å². The van der Waals surface area contributed by atoms with Crippen LogP contribution in [0.3, 0.4) is 0 Å². The number of hydrogen-bond donors (Lipinski definition) is 2. The Balaban J connectivity index is 1.80. The monoisotopic (exact) mass is 281 g/mol. The first kappa shape index (κ1) is 14.3. The lowest BCUT2D eigenvalue weighted by molar-refractivity contribution is 0.140. The van der Waals surface area contributed by atoms with E-state index in [4.69, 9.17) is 0 Å². The van der Waals surface area contributed by atoms with Gasteiger partial charge in [-0.25, -0.2) is 0 Å². The van der Waals surface area contributed by atoms with E-state index in [0.29, 0.717) is 0 Å². The maximum Gasteiger partial charge on any atom is 0.0775 e. The van der Waals surface area contributed by atoms with E-state index < -0.39 is 0 Å². The molecule has 3 rings (SSSR count). The third-order valence-electron chi connectivity index (χ3n) is 4.54. The molecule has 0 unspecified atom stereocenters. The van der Waals surface area contributed by atoms with Gasteiger partial charge in [-0.1, -0.05) is 42.0 Å². The van der Waals surface area contributed by atoms with Gasteiger partial charge in [0.05, 0.1) is 12.1 Å². The molecule has 2 N–H and O–H groups in total. The van der Waals surface area contributed by atoms with E-state index in [-0.39, 0.29) is 12.1 Å². The summed E-state index contributed by atoms with van der Waals surface area (Å²) in [7, 11) is 0. The van der Waals surface area contributed by atoms with E-state index in [1.165, 1.54) is 33.4 Å². The molecule has 1 aliphatic rings. The molecule has 0 amide bonds. The van der Waals surface area contributed by atoms with E-state index in [9.17, 15) is 5.11 Å². The summed E-state index contributed by atoms with van der Waals surface area (Å²) in [6.07, 6.45) is 0.424. The Hall–Kier alpha value is -1.64. The molecule has 21 heavy (non-hydrogen) atoms. The summed E-state index contributed by atoms with van der Waals surface area (Å²) in [6, 6.07) is 12.8. The van der Waals surface area contributed by atoms with Crippen LogP contribution in [0.4, 0.5) is 0 Å². The number of benzene rings is 2. The Bertz CT molecular complexity index is 639. The fourth-order valence-corrected chi connectivity index (χ4v) is 3.52. The van der Waals surface area contributed by atoms with Crippen molar-refractivity contribution in [2.24, 2.45) is 0 Å². The third kappa shape index (κ3) is 2.74. The molecule has 0 radical (unpaired) electrons. The fourth-order valence-electron chi connectivity index (χ4n) is 3.52. The van der Waals surface area contributed by atoms with Crippen molar-refractivity contribution in [3.63, 3.8) is 0 Å². The maximum absolute atomic E-state index is 10.3. The summed E-state index contributed by atoms with van der Waals surface area (Å²) in [5, 5.41) is 13.9. The van der Waals surface area contributed by atoms with Crippen LogP contribution in [0.1, 0.15) is 39.4 Å². The van der Waals surface area contributed by atoms with Gasteiger partial charge in [0.25, 0.3) is 0 Å². The molecule has 2 heteroatoms. The second-order valence-corrected chi connectivity index (χ2v) is 6.21. The zero-order valence-electron chi connectivity index (χ0n) is 13.0. The van der Waals surface area contributed by atoms with Crippen LogP contribution in [0, 0.1) is 20.8 Å².